The molecule has 140 valence electrons. The summed E-state index contributed by atoms with van der Waals surface area (Å²) in [6.45, 7) is 2.90. The van der Waals surface area contributed by atoms with E-state index in [9.17, 15) is 9.59 Å². The molecular formula is C18H23N3O5. The molecule has 0 spiro atoms. The van der Waals surface area contributed by atoms with Crippen molar-refractivity contribution in [2.45, 2.75) is 0 Å². The van der Waals surface area contributed by atoms with Crippen molar-refractivity contribution in [1.82, 2.24) is 14.8 Å². The van der Waals surface area contributed by atoms with E-state index in [1.807, 2.05) is 4.90 Å². The summed E-state index contributed by atoms with van der Waals surface area (Å²) in [6.07, 6.45) is 1.56. The molecule has 0 unspecified atom stereocenters. The fourth-order valence-electron chi connectivity index (χ4n) is 3.01. The number of amides is 1. The SMILES string of the molecule is COc1ccc2c(C(=O)NCCO)cn(C(=O)CN3CCOCC3)c2c1. The quantitative estimate of drug-likeness (QED) is 0.771. The van der Waals surface area contributed by atoms with Gasteiger partial charge in [0, 0.05) is 37.3 Å². The van der Waals surface area contributed by atoms with E-state index < -0.39 is 0 Å². The lowest BCUT2D eigenvalue weighted by molar-refractivity contribution is 0.0350. The third-order valence-electron chi connectivity index (χ3n) is 4.39. The number of carbonyl (C=O) groups is 2. The Balaban J connectivity index is 1.94. The Morgan fingerprint density at radius 3 is 2.77 bits per heavy atom. The maximum Gasteiger partial charge on any atom is 0.253 e. The van der Waals surface area contributed by atoms with Crippen LogP contribution in [0.25, 0.3) is 10.9 Å². The van der Waals surface area contributed by atoms with Crippen LogP contribution in [0.4, 0.5) is 0 Å². The molecule has 1 aliphatic heterocycles. The molecule has 1 aliphatic rings. The first-order chi connectivity index (χ1) is 12.6. The number of benzene rings is 1. The molecule has 0 bridgehead atoms. The van der Waals surface area contributed by atoms with E-state index in [1.165, 1.54) is 4.57 Å². The van der Waals surface area contributed by atoms with Crippen molar-refractivity contribution in [1.29, 1.82) is 0 Å². The van der Waals surface area contributed by atoms with Gasteiger partial charge in [0.05, 0.1) is 44.6 Å². The van der Waals surface area contributed by atoms with Crippen LogP contribution < -0.4 is 10.1 Å². The third kappa shape index (κ3) is 3.87. The summed E-state index contributed by atoms with van der Waals surface area (Å²) in [5, 5.41) is 12.2. The predicted molar refractivity (Wildman–Crippen MR) is 95.8 cm³/mol. The lowest BCUT2D eigenvalue weighted by Gasteiger charge is -2.25. The number of nitrogens with one attached hydrogen (secondary N) is 1. The zero-order chi connectivity index (χ0) is 18.5. The molecule has 2 aromatic rings. The molecule has 1 aromatic heterocycles. The molecule has 26 heavy (non-hydrogen) atoms. The highest BCUT2D eigenvalue weighted by atomic mass is 16.5. The van der Waals surface area contributed by atoms with E-state index in [-0.39, 0.29) is 31.5 Å². The summed E-state index contributed by atoms with van der Waals surface area (Å²) in [5.41, 5.74) is 1.02. The molecule has 1 aromatic carbocycles. The summed E-state index contributed by atoms with van der Waals surface area (Å²) < 4.78 is 12.1. The smallest absolute Gasteiger partial charge is 0.253 e. The van der Waals surface area contributed by atoms with Crippen molar-refractivity contribution in [3.8, 4) is 5.75 Å². The molecule has 1 saturated heterocycles. The first-order valence-corrected chi connectivity index (χ1v) is 8.55. The second-order valence-corrected chi connectivity index (χ2v) is 6.06. The summed E-state index contributed by atoms with van der Waals surface area (Å²) in [7, 11) is 1.55. The highest BCUT2D eigenvalue weighted by Gasteiger charge is 2.21. The molecule has 0 radical (unpaired) electrons. The van der Waals surface area contributed by atoms with Crippen molar-refractivity contribution in [3.05, 3.63) is 30.0 Å². The minimum absolute atomic E-state index is 0.119. The van der Waals surface area contributed by atoms with Crippen molar-refractivity contribution in [2.75, 3.05) is 53.1 Å². The van der Waals surface area contributed by atoms with E-state index in [2.05, 4.69) is 5.32 Å². The van der Waals surface area contributed by atoms with Gasteiger partial charge in [0.15, 0.2) is 0 Å². The average molecular weight is 361 g/mol. The topological polar surface area (TPSA) is 93.0 Å². The van der Waals surface area contributed by atoms with Crippen molar-refractivity contribution in [3.63, 3.8) is 0 Å². The van der Waals surface area contributed by atoms with E-state index in [0.717, 1.165) is 0 Å². The van der Waals surface area contributed by atoms with Crippen molar-refractivity contribution < 1.29 is 24.2 Å². The standard InChI is InChI=1S/C18H23N3O5/c1-25-13-2-3-14-15(18(24)19-4-7-22)11-21(16(14)10-13)17(23)12-20-5-8-26-9-6-20/h2-3,10-11,22H,4-9,12H2,1H3,(H,19,24). The van der Waals surface area contributed by atoms with Crippen LogP contribution in [0.15, 0.2) is 24.4 Å². The van der Waals surface area contributed by atoms with Crippen LogP contribution in [0.3, 0.4) is 0 Å². The normalized spacial score (nSPS) is 15.2. The summed E-state index contributed by atoms with van der Waals surface area (Å²) in [6, 6.07) is 5.26. The van der Waals surface area contributed by atoms with Gasteiger partial charge < -0.3 is 19.9 Å². The van der Waals surface area contributed by atoms with Crippen LogP contribution in [-0.4, -0.2) is 79.5 Å². The average Bonchev–Trinajstić information content (AvgIpc) is 3.05. The third-order valence-corrected chi connectivity index (χ3v) is 4.39. The summed E-state index contributed by atoms with van der Waals surface area (Å²) >= 11 is 0. The van der Waals surface area contributed by atoms with E-state index in [0.29, 0.717) is 48.5 Å². The van der Waals surface area contributed by atoms with Gasteiger partial charge in [-0.15, -0.1) is 0 Å². The molecule has 1 fully saturated rings. The van der Waals surface area contributed by atoms with Gasteiger partial charge in [0.1, 0.15) is 5.75 Å². The van der Waals surface area contributed by atoms with Crippen LogP contribution in [-0.2, 0) is 4.74 Å². The number of aromatic nitrogens is 1. The Labute approximate surface area is 151 Å². The second-order valence-electron chi connectivity index (χ2n) is 6.06. The van der Waals surface area contributed by atoms with E-state index in [1.54, 1.807) is 31.5 Å². The zero-order valence-electron chi connectivity index (χ0n) is 14.7. The molecule has 3 rings (SSSR count). The Kier molecular flexibility index (Phi) is 5.87. The minimum Gasteiger partial charge on any atom is -0.497 e. The van der Waals surface area contributed by atoms with Gasteiger partial charge in [-0.2, -0.15) is 0 Å². The molecule has 0 saturated carbocycles. The number of aliphatic hydroxyl groups is 1. The predicted octanol–water partition coefficient (Wildman–Crippen LogP) is 0.344. The number of ether oxygens (including phenoxy) is 2. The Hall–Kier alpha value is -2.42. The van der Waals surface area contributed by atoms with Gasteiger partial charge in [-0.3, -0.25) is 19.1 Å². The monoisotopic (exact) mass is 361 g/mol. The Morgan fingerprint density at radius 1 is 1.31 bits per heavy atom. The van der Waals surface area contributed by atoms with Crippen LogP contribution in [0.2, 0.25) is 0 Å². The Morgan fingerprint density at radius 2 is 2.08 bits per heavy atom. The number of hydrogen-bond donors (Lipinski definition) is 2. The number of carbonyl (C=O) groups excluding carboxylic acids is 2. The first-order valence-electron chi connectivity index (χ1n) is 8.55. The van der Waals surface area contributed by atoms with Crippen molar-refractivity contribution >= 4 is 22.7 Å². The Bertz CT molecular complexity index is 795. The molecule has 0 aliphatic carbocycles. The largest absolute Gasteiger partial charge is 0.497 e. The molecular weight excluding hydrogens is 338 g/mol. The number of nitrogens with zero attached hydrogens (tertiary/aromatic N) is 2. The molecule has 0 atom stereocenters. The summed E-state index contributed by atoms with van der Waals surface area (Å²) in [4.78, 5) is 27.3. The van der Waals surface area contributed by atoms with Crippen LogP contribution in [0.5, 0.6) is 5.75 Å². The lowest BCUT2D eigenvalue weighted by atomic mass is 10.1. The lowest BCUT2D eigenvalue weighted by Crippen LogP contribution is -2.40. The van der Waals surface area contributed by atoms with Gasteiger partial charge >= 0.3 is 0 Å². The van der Waals surface area contributed by atoms with Crippen molar-refractivity contribution in [2.24, 2.45) is 0 Å². The van der Waals surface area contributed by atoms with E-state index in [4.69, 9.17) is 14.6 Å². The molecule has 2 N–H and O–H groups in total. The fourth-order valence-corrected chi connectivity index (χ4v) is 3.01. The van der Waals surface area contributed by atoms with Gasteiger partial charge in [-0.25, -0.2) is 0 Å². The number of methoxy groups -OCH3 is 1. The van der Waals surface area contributed by atoms with Crippen LogP contribution in [0.1, 0.15) is 15.2 Å². The van der Waals surface area contributed by atoms with E-state index >= 15 is 0 Å². The fraction of sp³-hybridized carbons (Fsp3) is 0.444. The highest BCUT2D eigenvalue weighted by Crippen LogP contribution is 2.26. The maximum absolute atomic E-state index is 12.8. The number of hydrogen-bond acceptors (Lipinski definition) is 6. The number of aliphatic hydroxyl groups excluding tert-OH is 1. The summed E-state index contributed by atoms with van der Waals surface area (Å²) in [5.74, 6) is 0.164. The van der Waals surface area contributed by atoms with Gasteiger partial charge in [0.25, 0.3) is 5.91 Å². The zero-order valence-corrected chi connectivity index (χ0v) is 14.7. The van der Waals surface area contributed by atoms with Gasteiger partial charge in [-0.05, 0) is 12.1 Å². The first kappa shape index (κ1) is 18.4. The van der Waals surface area contributed by atoms with Crippen LogP contribution >= 0.6 is 0 Å². The number of rotatable bonds is 6. The minimum atomic E-state index is -0.327. The second kappa shape index (κ2) is 8.31. The highest BCUT2D eigenvalue weighted by molar-refractivity contribution is 6.09. The van der Waals surface area contributed by atoms with Gasteiger partial charge in [0.2, 0.25) is 5.91 Å². The van der Waals surface area contributed by atoms with Crippen LogP contribution in [0, 0.1) is 0 Å². The van der Waals surface area contributed by atoms with Gasteiger partial charge in [-0.1, -0.05) is 0 Å². The maximum atomic E-state index is 12.8. The molecule has 2 heterocycles. The molecule has 1 amide bonds. The molecule has 8 heteroatoms. The number of fused-ring (bicyclic) bond motifs is 1. The molecule has 8 nitrogen and oxygen atoms in total. The number of morpholine rings is 1.